The van der Waals surface area contributed by atoms with E-state index in [4.69, 9.17) is 0 Å². The molecule has 0 aromatic heterocycles. The summed E-state index contributed by atoms with van der Waals surface area (Å²) in [6.45, 7) is 6.62. The van der Waals surface area contributed by atoms with Gasteiger partial charge in [0.05, 0.1) is 0 Å². The van der Waals surface area contributed by atoms with Crippen molar-refractivity contribution in [2.24, 2.45) is 0 Å². The minimum absolute atomic E-state index is 0. The maximum Gasteiger partial charge on any atom is 4.00 e. The molecular formula is C30H27Cl3SiTi. The van der Waals surface area contributed by atoms with E-state index in [0.29, 0.717) is 0 Å². The van der Waals surface area contributed by atoms with Crippen molar-refractivity contribution in [3.05, 3.63) is 126 Å². The van der Waals surface area contributed by atoms with Gasteiger partial charge in [-0.05, 0) is 20.8 Å². The zero-order chi connectivity index (χ0) is 21.4. The molecule has 5 rings (SSSR count). The summed E-state index contributed by atoms with van der Waals surface area (Å²) in [7, 11) is -2.51. The van der Waals surface area contributed by atoms with Crippen LogP contribution in [0.15, 0.2) is 109 Å². The summed E-state index contributed by atoms with van der Waals surface area (Å²) >= 11 is 0. The van der Waals surface area contributed by atoms with E-state index in [2.05, 4.69) is 130 Å². The molecule has 0 aliphatic carbocycles. The summed E-state index contributed by atoms with van der Waals surface area (Å²) in [5, 5.41) is 8.51. The molecule has 5 aromatic carbocycles. The van der Waals surface area contributed by atoms with Crippen LogP contribution in [0.5, 0.6) is 0 Å². The van der Waals surface area contributed by atoms with Gasteiger partial charge < -0.3 is 37.2 Å². The number of aryl methyl sites for hydroxylation is 3. The number of halogens is 3. The van der Waals surface area contributed by atoms with E-state index >= 15 is 0 Å². The maximum atomic E-state index is 2.42. The van der Waals surface area contributed by atoms with Crippen molar-refractivity contribution in [2.45, 2.75) is 20.8 Å². The second-order valence-corrected chi connectivity index (χ2v) is 12.5. The summed E-state index contributed by atoms with van der Waals surface area (Å²) in [6, 6.07) is 41.1. The fourth-order valence-corrected chi connectivity index (χ4v) is 10.3. The van der Waals surface area contributed by atoms with E-state index in [0.717, 1.165) is 0 Å². The number of hydrogen-bond acceptors (Lipinski definition) is 0. The molecule has 0 amide bonds. The number of fused-ring (bicyclic) bond motifs is 1. The Morgan fingerprint density at radius 3 is 1.37 bits per heavy atom. The van der Waals surface area contributed by atoms with Crippen LogP contribution in [0, 0.1) is 20.8 Å². The molecule has 0 saturated heterocycles. The van der Waals surface area contributed by atoms with Crippen LogP contribution in [0.4, 0.5) is 0 Å². The topological polar surface area (TPSA) is 0 Å². The smallest absolute Gasteiger partial charge is 1.00 e. The number of benzene rings is 4. The van der Waals surface area contributed by atoms with Gasteiger partial charge in [0.15, 0.2) is 0 Å². The molecule has 35 heavy (non-hydrogen) atoms. The van der Waals surface area contributed by atoms with E-state index in [1.807, 2.05) is 0 Å². The molecule has 0 bridgehead atoms. The molecule has 0 nitrogen and oxygen atoms in total. The fourth-order valence-electron chi connectivity index (χ4n) is 5.08. The van der Waals surface area contributed by atoms with Crippen LogP contribution in [-0.4, -0.2) is 8.07 Å². The molecule has 0 radical (unpaired) electrons. The van der Waals surface area contributed by atoms with Crippen molar-refractivity contribution >= 4 is 39.6 Å². The third kappa shape index (κ3) is 5.67. The van der Waals surface area contributed by atoms with Gasteiger partial charge in [0.1, 0.15) is 8.07 Å². The number of rotatable bonds is 4. The molecule has 0 fully saturated rings. The van der Waals surface area contributed by atoms with Gasteiger partial charge in [-0.3, -0.25) is 0 Å². The molecule has 0 aliphatic heterocycles. The molecule has 0 heterocycles. The second kappa shape index (κ2) is 13.0. The van der Waals surface area contributed by atoms with E-state index in [1.165, 1.54) is 48.2 Å². The Morgan fingerprint density at radius 2 is 0.943 bits per heavy atom. The molecule has 0 aliphatic rings. The fraction of sp³-hybridized carbons (Fsp3) is 0.100. The second-order valence-electron chi connectivity index (χ2n) is 8.69. The van der Waals surface area contributed by atoms with Crippen molar-refractivity contribution in [1.29, 1.82) is 0 Å². The molecule has 0 spiro atoms. The average Bonchev–Trinajstić information content (AvgIpc) is 3.19. The van der Waals surface area contributed by atoms with Crippen LogP contribution in [-0.2, 0) is 21.7 Å². The first kappa shape index (κ1) is 31.3. The molecule has 0 saturated carbocycles. The Kier molecular flexibility index (Phi) is 11.6. The maximum absolute atomic E-state index is 2.51. The van der Waals surface area contributed by atoms with Gasteiger partial charge in [0.2, 0.25) is 0 Å². The average molecular weight is 570 g/mol. The Labute approximate surface area is 243 Å². The Balaban J connectivity index is 0.00000153. The van der Waals surface area contributed by atoms with Crippen molar-refractivity contribution in [3.8, 4) is 0 Å². The monoisotopic (exact) mass is 568 g/mol. The summed E-state index contributed by atoms with van der Waals surface area (Å²) in [5.41, 5.74) is 3.93. The van der Waals surface area contributed by atoms with Crippen LogP contribution in [0.1, 0.15) is 16.7 Å². The molecule has 0 atom stereocenters. The van der Waals surface area contributed by atoms with Crippen molar-refractivity contribution < 1.29 is 58.9 Å². The molecule has 5 heteroatoms. The quantitative estimate of drug-likeness (QED) is 0.117. The minimum atomic E-state index is -2.51. The minimum Gasteiger partial charge on any atom is -1.00 e. The normalized spacial score (nSPS) is 10.4. The largest absolute Gasteiger partial charge is 4.00 e. The van der Waals surface area contributed by atoms with Gasteiger partial charge in [-0.1, -0.05) is 111 Å². The third-order valence-corrected chi connectivity index (χ3v) is 11.2. The van der Waals surface area contributed by atoms with Gasteiger partial charge in [0.25, 0.3) is 0 Å². The summed E-state index contributed by atoms with van der Waals surface area (Å²) < 4.78 is 0. The van der Waals surface area contributed by atoms with Crippen LogP contribution >= 0.6 is 0 Å². The zero-order valence-corrected chi connectivity index (χ0v) is 24.9. The third-order valence-electron chi connectivity index (χ3n) is 6.44. The van der Waals surface area contributed by atoms with Crippen LogP contribution in [0.3, 0.4) is 0 Å². The summed E-state index contributed by atoms with van der Waals surface area (Å²) in [4.78, 5) is 0. The predicted molar refractivity (Wildman–Crippen MR) is 137 cm³/mol. The van der Waals surface area contributed by atoms with Gasteiger partial charge in [0, 0.05) is 0 Å². The van der Waals surface area contributed by atoms with Crippen LogP contribution < -0.4 is 58.0 Å². The Hall–Kier alpha value is -1.71. The Bertz CT molecular complexity index is 1280. The molecular weight excluding hydrogens is 543 g/mol. The molecule has 176 valence electrons. The summed E-state index contributed by atoms with van der Waals surface area (Å²) in [5.74, 6) is 0. The predicted octanol–water partition coefficient (Wildman–Crippen LogP) is -4.13. The van der Waals surface area contributed by atoms with E-state index in [-0.39, 0.29) is 58.9 Å². The standard InChI is InChI=1S/C30H27Si.3ClH.Ti/c1-22-9-6-13-26(19-22)31(27-14-7-10-23(2)20-27,28-15-8-11-24(3)21-28)30-18-17-25-12-4-5-16-29(25)30;;;;/h4-21H,1-3H3;3*1H;/q-1;;;;+4/p-3. The van der Waals surface area contributed by atoms with Gasteiger partial charge >= 0.3 is 21.7 Å². The first-order valence-electron chi connectivity index (χ1n) is 11.0. The molecule has 5 aromatic rings. The molecule has 0 unspecified atom stereocenters. The first-order chi connectivity index (χ1) is 15.1. The Morgan fingerprint density at radius 1 is 0.514 bits per heavy atom. The first-order valence-corrected chi connectivity index (χ1v) is 13.0. The van der Waals surface area contributed by atoms with Crippen molar-refractivity contribution in [3.63, 3.8) is 0 Å². The van der Waals surface area contributed by atoms with Crippen molar-refractivity contribution in [2.75, 3.05) is 0 Å². The van der Waals surface area contributed by atoms with E-state index < -0.39 is 8.07 Å². The van der Waals surface area contributed by atoms with Gasteiger partial charge in [-0.2, -0.15) is 12.1 Å². The zero-order valence-electron chi connectivity index (χ0n) is 20.0. The summed E-state index contributed by atoms with van der Waals surface area (Å²) in [6.07, 6.45) is 0. The van der Waals surface area contributed by atoms with E-state index in [1.54, 1.807) is 0 Å². The number of hydrogen-bond donors (Lipinski definition) is 0. The SMILES string of the molecule is Cc1cccc([Si](c2cccc(C)c2)(c2cccc(C)c2)[c-]2ccc3ccccc32)c1.[Cl-].[Cl-].[Cl-].[Ti+4]. The van der Waals surface area contributed by atoms with Crippen LogP contribution in [0.2, 0.25) is 0 Å². The van der Waals surface area contributed by atoms with Crippen LogP contribution in [0.25, 0.3) is 10.8 Å². The van der Waals surface area contributed by atoms with E-state index in [9.17, 15) is 0 Å². The van der Waals surface area contributed by atoms with Gasteiger partial charge in [-0.15, -0.1) is 34.2 Å². The van der Waals surface area contributed by atoms with Gasteiger partial charge in [-0.25, -0.2) is 0 Å². The molecule has 0 N–H and O–H groups in total. The van der Waals surface area contributed by atoms with Crippen molar-refractivity contribution in [1.82, 2.24) is 0 Å².